The smallest absolute Gasteiger partial charge is 0.0630 e. The number of nitrogens with zero attached hydrogens (tertiary/aromatic N) is 1. The molecule has 162 valence electrons. The van der Waals surface area contributed by atoms with Crippen molar-refractivity contribution in [3.8, 4) is 11.1 Å². The lowest BCUT2D eigenvalue weighted by Gasteiger charge is -2.30. The number of rotatable bonds is 2. The predicted octanol–water partition coefficient (Wildman–Crippen LogP) is 9.04. The zero-order valence-electron chi connectivity index (χ0n) is 18.5. The highest BCUT2D eigenvalue weighted by Crippen LogP contribution is 2.52. The van der Waals surface area contributed by atoms with Crippen molar-refractivity contribution >= 4 is 44.5 Å². The van der Waals surface area contributed by atoms with E-state index >= 15 is 0 Å². The third-order valence-corrected chi connectivity index (χ3v) is 7.50. The molecule has 1 aliphatic heterocycles. The van der Waals surface area contributed by atoms with E-state index in [1.54, 1.807) is 0 Å². The number of fused-ring (bicyclic) bond motifs is 6. The summed E-state index contributed by atoms with van der Waals surface area (Å²) < 4.78 is 0. The van der Waals surface area contributed by atoms with Crippen LogP contribution in [-0.2, 0) is 0 Å². The zero-order chi connectivity index (χ0) is 22.6. The Hall–Kier alpha value is -3.81. The lowest BCUT2D eigenvalue weighted by atomic mass is 9.90. The summed E-state index contributed by atoms with van der Waals surface area (Å²) in [5.41, 5.74) is 6.38. The van der Waals surface area contributed by atoms with Gasteiger partial charge in [-0.05, 0) is 45.7 Å². The van der Waals surface area contributed by atoms with Crippen LogP contribution < -0.4 is 4.90 Å². The summed E-state index contributed by atoms with van der Waals surface area (Å²) in [7, 11) is 0. The second-order valence-electron chi connectivity index (χ2n) is 9.07. The fraction of sp³-hybridized carbons (Fsp3) is 0.0625. The highest BCUT2D eigenvalue weighted by molar-refractivity contribution is 6.30. The molecule has 0 bridgehead atoms. The van der Waals surface area contributed by atoms with Crippen LogP contribution in [-0.4, -0.2) is 6.04 Å². The number of hydrogen-bond donors (Lipinski definition) is 0. The molecule has 1 aliphatic carbocycles. The van der Waals surface area contributed by atoms with Crippen LogP contribution in [0, 0.1) is 0 Å². The maximum atomic E-state index is 6.17. The minimum atomic E-state index is 0.260. The molecule has 0 amide bonds. The molecular weight excluding hydrogens is 434 g/mol. The Bertz CT molecular complexity index is 1630. The first kappa shape index (κ1) is 19.6. The Morgan fingerprint density at radius 2 is 1.35 bits per heavy atom. The molecule has 2 aliphatic rings. The number of halogens is 1. The third kappa shape index (κ3) is 2.87. The molecule has 0 saturated heterocycles. The van der Waals surface area contributed by atoms with Crippen LogP contribution in [0.2, 0.25) is 5.02 Å². The molecule has 7 rings (SSSR count). The summed E-state index contributed by atoms with van der Waals surface area (Å²) in [4.78, 5) is 2.57. The van der Waals surface area contributed by atoms with Crippen LogP contribution in [0.4, 0.5) is 11.4 Å². The average molecular weight is 456 g/mol. The van der Waals surface area contributed by atoms with Crippen molar-refractivity contribution < 1.29 is 0 Å². The Kier molecular flexibility index (Phi) is 4.40. The molecule has 0 spiro atoms. The molecule has 0 fully saturated rings. The Morgan fingerprint density at radius 1 is 0.618 bits per heavy atom. The highest BCUT2D eigenvalue weighted by atomic mass is 35.5. The molecule has 5 aromatic rings. The maximum absolute atomic E-state index is 6.17. The molecular formula is C32H22ClN. The van der Waals surface area contributed by atoms with E-state index in [1.165, 1.54) is 49.6 Å². The molecule has 0 N–H and O–H groups in total. The van der Waals surface area contributed by atoms with Gasteiger partial charge in [-0.25, -0.2) is 0 Å². The maximum Gasteiger partial charge on any atom is 0.0630 e. The minimum absolute atomic E-state index is 0.260. The lowest BCUT2D eigenvalue weighted by Crippen LogP contribution is -2.28. The molecule has 1 heterocycles. The molecule has 2 atom stereocenters. The molecule has 2 unspecified atom stereocenters. The van der Waals surface area contributed by atoms with E-state index in [1.807, 2.05) is 12.1 Å². The van der Waals surface area contributed by atoms with Crippen LogP contribution in [0.5, 0.6) is 0 Å². The molecule has 0 saturated carbocycles. The van der Waals surface area contributed by atoms with Gasteiger partial charge in [0.15, 0.2) is 0 Å². The standard InChI is InChI=1S/C32H22ClN/c33-23-16-13-22(14-17-23)24-19-20-31(27-10-4-3-9-26(24)27)34-30-12-6-5-11-28(30)29-18-15-21-7-1-2-8-25(21)32(29)34/h1-20,28,30H. The summed E-state index contributed by atoms with van der Waals surface area (Å²) in [5, 5.41) is 5.86. The van der Waals surface area contributed by atoms with Gasteiger partial charge in [0.1, 0.15) is 0 Å². The quantitative estimate of drug-likeness (QED) is 0.256. The average Bonchev–Trinajstić information content (AvgIpc) is 3.23. The van der Waals surface area contributed by atoms with Gasteiger partial charge in [0.05, 0.1) is 11.7 Å². The number of benzene rings is 5. The molecule has 34 heavy (non-hydrogen) atoms. The van der Waals surface area contributed by atoms with Crippen LogP contribution in [0.3, 0.4) is 0 Å². The van der Waals surface area contributed by atoms with Gasteiger partial charge in [-0.3, -0.25) is 0 Å². The van der Waals surface area contributed by atoms with Gasteiger partial charge >= 0.3 is 0 Å². The van der Waals surface area contributed by atoms with Gasteiger partial charge in [-0.2, -0.15) is 0 Å². The number of allylic oxidation sites excluding steroid dienone is 2. The van der Waals surface area contributed by atoms with E-state index in [0.717, 1.165) is 5.02 Å². The van der Waals surface area contributed by atoms with Crippen LogP contribution in [0.25, 0.3) is 32.7 Å². The summed E-state index contributed by atoms with van der Waals surface area (Å²) in [5.74, 6) is 0.347. The summed E-state index contributed by atoms with van der Waals surface area (Å²) >= 11 is 6.17. The van der Waals surface area contributed by atoms with Crippen molar-refractivity contribution in [1.82, 2.24) is 0 Å². The van der Waals surface area contributed by atoms with E-state index in [9.17, 15) is 0 Å². The highest BCUT2D eigenvalue weighted by Gasteiger charge is 2.39. The molecule has 2 heteroatoms. The van der Waals surface area contributed by atoms with Crippen molar-refractivity contribution in [2.24, 2.45) is 0 Å². The molecule has 5 aromatic carbocycles. The zero-order valence-corrected chi connectivity index (χ0v) is 19.3. The first-order chi connectivity index (χ1) is 16.8. The molecule has 1 nitrogen and oxygen atoms in total. The monoisotopic (exact) mass is 455 g/mol. The van der Waals surface area contributed by atoms with Crippen molar-refractivity contribution in [3.05, 3.63) is 132 Å². The van der Waals surface area contributed by atoms with Gasteiger partial charge < -0.3 is 4.90 Å². The van der Waals surface area contributed by atoms with Gasteiger partial charge in [-0.15, -0.1) is 0 Å². The molecule has 0 radical (unpaired) electrons. The Balaban J connectivity index is 1.51. The van der Waals surface area contributed by atoms with Crippen molar-refractivity contribution in [3.63, 3.8) is 0 Å². The van der Waals surface area contributed by atoms with Crippen LogP contribution in [0.15, 0.2) is 121 Å². The number of hydrogen-bond acceptors (Lipinski definition) is 1. The first-order valence-corrected chi connectivity index (χ1v) is 12.1. The number of anilines is 2. The van der Waals surface area contributed by atoms with E-state index < -0.39 is 0 Å². The summed E-state index contributed by atoms with van der Waals surface area (Å²) in [6, 6.07) is 35.1. The van der Waals surface area contributed by atoms with E-state index in [2.05, 4.69) is 114 Å². The Labute approximate surface area is 204 Å². The van der Waals surface area contributed by atoms with Gasteiger partial charge in [0, 0.05) is 27.4 Å². The Morgan fingerprint density at radius 3 is 2.21 bits per heavy atom. The largest absolute Gasteiger partial charge is 0.332 e. The van der Waals surface area contributed by atoms with Crippen molar-refractivity contribution in [1.29, 1.82) is 0 Å². The second kappa shape index (κ2) is 7.62. The second-order valence-corrected chi connectivity index (χ2v) is 9.50. The fourth-order valence-electron chi connectivity index (χ4n) is 5.74. The third-order valence-electron chi connectivity index (χ3n) is 7.25. The summed E-state index contributed by atoms with van der Waals surface area (Å²) in [6.45, 7) is 0. The normalized spacial score (nSPS) is 18.4. The van der Waals surface area contributed by atoms with Crippen LogP contribution in [0.1, 0.15) is 11.5 Å². The first-order valence-electron chi connectivity index (χ1n) is 11.7. The van der Waals surface area contributed by atoms with Crippen molar-refractivity contribution in [2.45, 2.75) is 12.0 Å². The van der Waals surface area contributed by atoms with E-state index in [4.69, 9.17) is 11.6 Å². The van der Waals surface area contributed by atoms with Crippen molar-refractivity contribution in [2.75, 3.05) is 4.90 Å². The van der Waals surface area contributed by atoms with Gasteiger partial charge in [0.2, 0.25) is 0 Å². The van der Waals surface area contributed by atoms with Gasteiger partial charge in [0.25, 0.3) is 0 Å². The fourth-order valence-corrected chi connectivity index (χ4v) is 5.87. The lowest BCUT2D eigenvalue weighted by molar-refractivity contribution is 0.746. The summed E-state index contributed by atoms with van der Waals surface area (Å²) in [6.07, 6.45) is 9.07. The van der Waals surface area contributed by atoms with Crippen LogP contribution >= 0.6 is 11.6 Å². The molecule has 0 aromatic heterocycles. The van der Waals surface area contributed by atoms with Gasteiger partial charge in [-0.1, -0.05) is 115 Å². The topological polar surface area (TPSA) is 3.24 Å². The predicted molar refractivity (Wildman–Crippen MR) is 145 cm³/mol. The van der Waals surface area contributed by atoms with E-state index in [0.29, 0.717) is 5.92 Å². The SMILES string of the molecule is Clc1ccc(-c2ccc(N3c4c(ccc5ccccc45)C4C=CC=CC43)c3ccccc23)cc1. The minimum Gasteiger partial charge on any atom is -0.332 e. The van der Waals surface area contributed by atoms with E-state index in [-0.39, 0.29) is 6.04 Å².